The molecule has 1 aromatic rings. The molecular weight excluding hydrogens is 276 g/mol. The molecule has 0 unspecified atom stereocenters. The number of hydrogen-bond donors (Lipinski definition) is 2. The highest BCUT2D eigenvalue weighted by Gasteiger charge is 2.10. The average Bonchev–Trinajstić information content (AvgIpc) is 2.46. The summed E-state index contributed by atoms with van der Waals surface area (Å²) in [7, 11) is 0. The first kappa shape index (κ1) is 15.1. The summed E-state index contributed by atoms with van der Waals surface area (Å²) in [5, 5.41) is 3.18. The normalized spacial score (nSPS) is 16.1. The number of thioether (sulfide) groups is 1. The summed E-state index contributed by atoms with van der Waals surface area (Å²) in [6, 6.07) is 0.288. The topological polar surface area (TPSA) is 89.2 Å². The molecule has 1 fully saturated rings. The van der Waals surface area contributed by atoms with E-state index in [0.29, 0.717) is 12.6 Å². The van der Waals surface area contributed by atoms with Crippen molar-refractivity contribution in [3.8, 4) is 6.01 Å². The summed E-state index contributed by atoms with van der Waals surface area (Å²) in [5.41, 5.74) is 5.65. The Balaban J connectivity index is 1.80. The smallest absolute Gasteiger partial charge is 0.323 e. The Labute approximate surface area is 123 Å². The molecule has 0 saturated carbocycles. The summed E-state index contributed by atoms with van der Waals surface area (Å²) in [6.45, 7) is 6.68. The van der Waals surface area contributed by atoms with Gasteiger partial charge in [0.05, 0.1) is 6.61 Å². The molecule has 7 nitrogen and oxygen atoms in total. The van der Waals surface area contributed by atoms with Gasteiger partial charge in [0, 0.05) is 37.7 Å². The van der Waals surface area contributed by atoms with Crippen LogP contribution in [0.4, 0.5) is 11.9 Å². The molecule has 1 aliphatic rings. The van der Waals surface area contributed by atoms with Gasteiger partial charge in [-0.1, -0.05) is 6.92 Å². The lowest BCUT2D eigenvalue weighted by Gasteiger charge is -2.25. The number of nitrogen functional groups attached to an aromatic ring is 1. The van der Waals surface area contributed by atoms with E-state index in [4.69, 9.17) is 10.5 Å². The standard InChI is InChI=1S/C12H22N6OS/c1-2-7-19-12-16-10(13)15-11(17-12)14-3-4-18-5-8-20-9-6-18/h2-9H2,1H3,(H3,13,14,15,16,17). The van der Waals surface area contributed by atoms with Gasteiger partial charge in [-0.3, -0.25) is 4.90 Å². The van der Waals surface area contributed by atoms with E-state index >= 15 is 0 Å². The first-order valence-electron chi connectivity index (χ1n) is 6.96. The first-order valence-corrected chi connectivity index (χ1v) is 8.11. The van der Waals surface area contributed by atoms with Gasteiger partial charge in [0.25, 0.3) is 0 Å². The van der Waals surface area contributed by atoms with Crippen molar-refractivity contribution in [2.24, 2.45) is 0 Å². The van der Waals surface area contributed by atoms with Crippen LogP contribution in [0.1, 0.15) is 13.3 Å². The van der Waals surface area contributed by atoms with Crippen molar-refractivity contribution in [3.05, 3.63) is 0 Å². The van der Waals surface area contributed by atoms with Gasteiger partial charge < -0.3 is 15.8 Å². The molecule has 8 heteroatoms. The van der Waals surface area contributed by atoms with Crippen molar-refractivity contribution in [1.29, 1.82) is 0 Å². The number of nitrogens with one attached hydrogen (secondary N) is 1. The minimum Gasteiger partial charge on any atom is -0.463 e. The Hall–Kier alpha value is -1.28. The zero-order valence-corrected chi connectivity index (χ0v) is 12.7. The molecule has 2 rings (SSSR count). The molecule has 1 saturated heterocycles. The van der Waals surface area contributed by atoms with Crippen molar-refractivity contribution in [2.75, 3.05) is 55.3 Å². The lowest BCUT2D eigenvalue weighted by molar-refractivity contribution is 0.292. The molecule has 0 amide bonds. The zero-order valence-electron chi connectivity index (χ0n) is 11.8. The van der Waals surface area contributed by atoms with Crippen LogP contribution in [0.15, 0.2) is 0 Å². The molecule has 1 aromatic heterocycles. The van der Waals surface area contributed by atoms with E-state index < -0.39 is 0 Å². The molecule has 0 aromatic carbocycles. The second-order valence-corrected chi connectivity index (χ2v) is 5.75. The van der Waals surface area contributed by atoms with Gasteiger partial charge in [-0.15, -0.1) is 0 Å². The van der Waals surface area contributed by atoms with Gasteiger partial charge in [0.2, 0.25) is 11.9 Å². The van der Waals surface area contributed by atoms with Crippen molar-refractivity contribution in [3.63, 3.8) is 0 Å². The molecule has 0 atom stereocenters. The molecule has 2 heterocycles. The molecule has 0 spiro atoms. The van der Waals surface area contributed by atoms with Crippen molar-refractivity contribution >= 4 is 23.7 Å². The molecule has 0 bridgehead atoms. The predicted octanol–water partition coefficient (Wildman–Crippen LogP) is 0.703. The molecule has 112 valence electrons. The fourth-order valence-corrected chi connectivity index (χ4v) is 2.84. The quantitative estimate of drug-likeness (QED) is 0.760. The Morgan fingerprint density at radius 2 is 2.10 bits per heavy atom. The largest absolute Gasteiger partial charge is 0.463 e. The molecule has 0 aliphatic carbocycles. The third-order valence-electron chi connectivity index (χ3n) is 2.88. The van der Waals surface area contributed by atoms with E-state index in [1.54, 1.807) is 0 Å². The predicted molar refractivity (Wildman–Crippen MR) is 82.3 cm³/mol. The number of rotatable bonds is 7. The summed E-state index contributed by atoms with van der Waals surface area (Å²) >= 11 is 2.01. The van der Waals surface area contributed by atoms with E-state index in [2.05, 4.69) is 25.2 Å². The lowest BCUT2D eigenvalue weighted by Crippen LogP contribution is -2.36. The van der Waals surface area contributed by atoms with Crippen LogP contribution in [0.25, 0.3) is 0 Å². The highest BCUT2D eigenvalue weighted by molar-refractivity contribution is 7.99. The van der Waals surface area contributed by atoms with Crippen LogP contribution in [-0.2, 0) is 0 Å². The number of hydrogen-bond acceptors (Lipinski definition) is 8. The van der Waals surface area contributed by atoms with Crippen molar-refractivity contribution in [1.82, 2.24) is 19.9 Å². The Kier molecular flexibility index (Phi) is 6.13. The zero-order chi connectivity index (χ0) is 14.2. The number of ether oxygens (including phenoxy) is 1. The highest BCUT2D eigenvalue weighted by atomic mass is 32.2. The van der Waals surface area contributed by atoms with Gasteiger partial charge in [-0.2, -0.15) is 26.7 Å². The van der Waals surface area contributed by atoms with Gasteiger partial charge in [0.15, 0.2) is 0 Å². The van der Waals surface area contributed by atoms with Crippen LogP contribution in [0.3, 0.4) is 0 Å². The second kappa shape index (κ2) is 8.11. The van der Waals surface area contributed by atoms with Crippen LogP contribution < -0.4 is 15.8 Å². The summed E-state index contributed by atoms with van der Waals surface area (Å²) in [4.78, 5) is 14.6. The summed E-state index contributed by atoms with van der Waals surface area (Å²) in [5.74, 6) is 3.10. The van der Waals surface area contributed by atoms with Crippen molar-refractivity contribution < 1.29 is 4.74 Å². The minimum atomic E-state index is 0.183. The maximum Gasteiger partial charge on any atom is 0.323 e. The molecule has 3 N–H and O–H groups in total. The average molecular weight is 298 g/mol. The van der Waals surface area contributed by atoms with Gasteiger partial charge in [0.1, 0.15) is 0 Å². The molecule has 1 aliphatic heterocycles. The highest BCUT2D eigenvalue weighted by Crippen LogP contribution is 2.10. The molecular formula is C12H22N6OS. The SMILES string of the molecule is CCCOc1nc(N)nc(NCCN2CCSCC2)n1. The lowest BCUT2D eigenvalue weighted by atomic mass is 10.4. The van der Waals surface area contributed by atoms with Crippen LogP contribution in [0, 0.1) is 0 Å². The number of aromatic nitrogens is 3. The summed E-state index contributed by atoms with van der Waals surface area (Å²) < 4.78 is 5.38. The van der Waals surface area contributed by atoms with E-state index in [9.17, 15) is 0 Å². The fraction of sp³-hybridized carbons (Fsp3) is 0.750. The van der Waals surface area contributed by atoms with Gasteiger partial charge in [-0.25, -0.2) is 0 Å². The van der Waals surface area contributed by atoms with Gasteiger partial charge >= 0.3 is 6.01 Å². The number of anilines is 2. The minimum absolute atomic E-state index is 0.183. The number of nitrogens with two attached hydrogens (primary N) is 1. The van der Waals surface area contributed by atoms with E-state index in [1.165, 1.54) is 11.5 Å². The van der Waals surface area contributed by atoms with Crippen LogP contribution in [0.5, 0.6) is 6.01 Å². The Morgan fingerprint density at radius 1 is 1.30 bits per heavy atom. The van der Waals surface area contributed by atoms with Crippen LogP contribution in [0.2, 0.25) is 0 Å². The third-order valence-corrected chi connectivity index (χ3v) is 3.82. The van der Waals surface area contributed by atoms with E-state index in [-0.39, 0.29) is 12.0 Å². The molecule has 0 radical (unpaired) electrons. The second-order valence-electron chi connectivity index (χ2n) is 4.53. The van der Waals surface area contributed by atoms with E-state index in [1.807, 2.05) is 18.7 Å². The number of nitrogens with zero attached hydrogens (tertiary/aromatic N) is 4. The maximum absolute atomic E-state index is 5.65. The summed E-state index contributed by atoms with van der Waals surface area (Å²) in [6.07, 6.45) is 0.904. The first-order chi connectivity index (χ1) is 9.78. The van der Waals surface area contributed by atoms with Crippen molar-refractivity contribution in [2.45, 2.75) is 13.3 Å². The third kappa shape index (κ3) is 5.01. The fourth-order valence-electron chi connectivity index (χ4n) is 1.86. The Morgan fingerprint density at radius 3 is 2.85 bits per heavy atom. The molecule has 20 heavy (non-hydrogen) atoms. The van der Waals surface area contributed by atoms with Gasteiger partial charge in [-0.05, 0) is 6.42 Å². The van der Waals surface area contributed by atoms with E-state index in [0.717, 1.165) is 32.6 Å². The van der Waals surface area contributed by atoms with Crippen LogP contribution >= 0.6 is 11.8 Å². The monoisotopic (exact) mass is 298 g/mol. The van der Waals surface area contributed by atoms with Crippen LogP contribution in [-0.4, -0.2) is 64.1 Å². The maximum atomic E-state index is 5.65. The Bertz CT molecular complexity index is 413.